The van der Waals surface area contributed by atoms with E-state index in [1.54, 1.807) is 13.1 Å². The van der Waals surface area contributed by atoms with Crippen molar-refractivity contribution in [1.29, 1.82) is 0 Å². The fourth-order valence-electron chi connectivity index (χ4n) is 6.95. The molecule has 1 heterocycles. The van der Waals surface area contributed by atoms with Gasteiger partial charge in [0.25, 0.3) is 5.91 Å². The molecule has 0 aromatic heterocycles. The second-order valence-electron chi connectivity index (χ2n) is 10.6. The molecule has 5 rings (SSSR count). The minimum absolute atomic E-state index is 0.112. The lowest BCUT2D eigenvalue weighted by molar-refractivity contribution is -0.127. The number of likely N-dealkylation sites (N-methyl/N-ethyl adjacent to an activating group) is 1. The van der Waals surface area contributed by atoms with Crippen molar-refractivity contribution >= 4 is 17.5 Å². The van der Waals surface area contributed by atoms with E-state index in [2.05, 4.69) is 4.90 Å². The van der Waals surface area contributed by atoms with Gasteiger partial charge in [-0.25, -0.2) is 0 Å². The summed E-state index contributed by atoms with van der Waals surface area (Å²) in [5, 5.41) is 33.2. The fraction of sp³-hybridized carbons (Fsp3) is 0.519. The zero-order valence-corrected chi connectivity index (χ0v) is 20.8. The van der Waals surface area contributed by atoms with Gasteiger partial charge in [-0.15, -0.1) is 0 Å². The Hall–Kier alpha value is -3.17. The SMILES string of the molecule is CCN(C)C1C(O)=C(C(N)=O)C(=O)C2C(O)=C3C(=O)c4c(O)cc(C5CCCN5C)cc4C[C@H]3CC21. The van der Waals surface area contributed by atoms with Gasteiger partial charge in [0.2, 0.25) is 0 Å². The smallest absolute Gasteiger partial charge is 0.255 e. The van der Waals surface area contributed by atoms with Gasteiger partial charge in [-0.2, -0.15) is 0 Å². The van der Waals surface area contributed by atoms with E-state index >= 15 is 0 Å². The maximum Gasteiger partial charge on any atom is 0.255 e. The van der Waals surface area contributed by atoms with Crippen LogP contribution < -0.4 is 5.73 Å². The van der Waals surface area contributed by atoms with Gasteiger partial charge in [-0.1, -0.05) is 13.0 Å². The molecule has 1 aromatic carbocycles. The normalized spacial score (nSPS) is 30.5. The number of carbonyl (C=O) groups is 3. The van der Waals surface area contributed by atoms with Crippen molar-refractivity contribution in [2.45, 2.75) is 44.7 Å². The fourth-order valence-corrected chi connectivity index (χ4v) is 6.95. The number of aliphatic hydroxyl groups excluding tert-OH is 2. The molecule has 4 aliphatic rings. The van der Waals surface area contributed by atoms with Gasteiger partial charge in [0.05, 0.1) is 17.5 Å². The number of phenols is 1. The highest BCUT2D eigenvalue weighted by molar-refractivity contribution is 6.22. The van der Waals surface area contributed by atoms with E-state index in [-0.39, 0.29) is 40.4 Å². The van der Waals surface area contributed by atoms with E-state index in [4.69, 9.17) is 5.73 Å². The molecule has 1 saturated heterocycles. The standard InChI is InChI=1S/C27H33N3O6/c1-4-29(2)22-15-10-14-9-13-8-12(16-6-5-7-30(16)3)11-17(31)18(13)23(32)19(14)24(33)20(15)25(34)21(26(22)35)27(28)36/h8,11,14-16,20,22,31,33,35H,4-7,9-10H2,1-3H3,(H2,28,36)/t14-,15?,16?,20?,22?/m0/s1. The van der Waals surface area contributed by atoms with Gasteiger partial charge in [0.15, 0.2) is 11.6 Å². The molecular weight excluding hydrogens is 462 g/mol. The molecule has 3 aliphatic carbocycles. The lowest BCUT2D eigenvalue weighted by Gasteiger charge is -2.46. The van der Waals surface area contributed by atoms with Gasteiger partial charge in [-0.3, -0.25) is 24.2 Å². The summed E-state index contributed by atoms with van der Waals surface area (Å²) in [4.78, 5) is 43.1. The zero-order chi connectivity index (χ0) is 26.0. The second kappa shape index (κ2) is 8.74. The Morgan fingerprint density at radius 2 is 1.92 bits per heavy atom. The van der Waals surface area contributed by atoms with Gasteiger partial charge >= 0.3 is 0 Å². The third-order valence-corrected chi connectivity index (χ3v) is 8.72. The Morgan fingerprint density at radius 1 is 1.19 bits per heavy atom. The number of nitrogens with two attached hydrogens (primary N) is 1. The molecule has 0 bridgehead atoms. The Morgan fingerprint density at radius 3 is 2.53 bits per heavy atom. The number of likely N-dealkylation sites (tertiary alicyclic amines) is 1. The largest absolute Gasteiger partial charge is 0.511 e. The summed E-state index contributed by atoms with van der Waals surface area (Å²) in [5.41, 5.74) is 6.89. The van der Waals surface area contributed by atoms with E-state index in [1.165, 1.54) is 0 Å². The number of hydrogen-bond donors (Lipinski definition) is 4. The molecule has 0 spiro atoms. The summed E-state index contributed by atoms with van der Waals surface area (Å²) in [6.07, 6.45) is 2.82. The molecule has 36 heavy (non-hydrogen) atoms. The van der Waals surface area contributed by atoms with Crippen molar-refractivity contribution in [1.82, 2.24) is 9.80 Å². The number of fused-ring (bicyclic) bond motifs is 3. The molecule has 1 aliphatic heterocycles. The van der Waals surface area contributed by atoms with Crippen molar-refractivity contribution in [2.24, 2.45) is 23.5 Å². The number of Topliss-reactive ketones (excluding diaryl/α,β-unsaturated/α-hetero) is 2. The number of carbonyl (C=O) groups excluding carboxylic acids is 3. The number of rotatable bonds is 4. The van der Waals surface area contributed by atoms with Crippen molar-refractivity contribution in [3.8, 4) is 5.75 Å². The molecule has 5 atom stereocenters. The number of aliphatic hydroxyl groups is 2. The Bertz CT molecular complexity index is 1230. The van der Waals surface area contributed by atoms with Crippen LogP contribution in [0.3, 0.4) is 0 Å². The highest BCUT2D eigenvalue weighted by Crippen LogP contribution is 2.50. The number of hydrogen-bond acceptors (Lipinski definition) is 8. The molecule has 192 valence electrons. The van der Waals surface area contributed by atoms with Crippen LogP contribution >= 0.6 is 0 Å². The number of allylic oxidation sites excluding steroid dienone is 2. The first-order valence-electron chi connectivity index (χ1n) is 12.6. The summed E-state index contributed by atoms with van der Waals surface area (Å²) in [5.74, 6) is -5.27. The number of amides is 1. The zero-order valence-electron chi connectivity index (χ0n) is 20.8. The summed E-state index contributed by atoms with van der Waals surface area (Å²) in [7, 11) is 3.82. The van der Waals surface area contributed by atoms with Gasteiger partial charge in [0.1, 0.15) is 22.8 Å². The Kier molecular flexibility index (Phi) is 5.95. The highest BCUT2D eigenvalue weighted by atomic mass is 16.3. The van der Waals surface area contributed by atoms with E-state index in [0.717, 1.165) is 30.5 Å². The maximum atomic E-state index is 13.6. The molecule has 5 N–H and O–H groups in total. The average molecular weight is 496 g/mol. The molecule has 1 aromatic rings. The number of nitrogens with zero attached hydrogens (tertiary/aromatic N) is 2. The lowest BCUT2D eigenvalue weighted by Crippen LogP contribution is -2.54. The summed E-state index contributed by atoms with van der Waals surface area (Å²) in [6, 6.07) is 3.10. The quantitative estimate of drug-likeness (QED) is 0.465. The summed E-state index contributed by atoms with van der Waals surface area (Å²) >= 11 is 0. The third-order valence-electron chi connectivity index (χ3n) is 8.72. The van der Waals surface area contributed by atoms with Crippen LogP contribution in [0.2, 0.25) is 0 Å². The first kappa shape index (κ1) is 24.5. The minimum Gasteiger partial charge on any atom is -0.511 e. The molecule has 1 amide bonds. The molecule has 0 saturated carbocycles. The second-order valence-corrected chi connectivity index (χ2v) is 10.6. The van der Waals surface area contributed by atoms with Crippen LogP contribution in [-0.2, 0) is 16.0 Å². The number of aromatic hydroxyl groups is 1. The molecule has 0 radical (unpaired) electrons. The topological polar surface area (TPSA) is 144 Å². The van der Waals surface area contributed by atoms with Crippen molar-refractivity contribution in [3.05, 3.63) is 51.5 Å². The van der Waals surface area contributed by atoms with Crippen LogP contribution in [0.5, 0.6) is 5.75 Å². The van der Waals surface area contributed by atoms with Gasteiger partial charge < -0.3 is 21.1 Å². The van der Waals surface area contributed by atoms with Crippen LogP contribution in [0.25, 0.3) is 0 Å². The Labute approximate surface area is 209 Å². The van der Waals surface area contributed by atoms with Crippen molar-refractivity contribution < 1.29 is 29.7 Å². The predicted octanol–water partition coefficient (Wildman–Crippen LogP) is 2.16. The van der Waals surface area contributed by atoms with E-state index in [9.17, 15) is 29.7 Å². The number of ketones is 2. The van der Waals surface area contributed by atoms with E-state index < -0.39 is 40.9 Å². The Balaban J connectivity index is 1.61. The monoisotopic (exact) mass is 495 g/mol. The first-order chi connectivity index (χ1) is 17.1. The highest BCUT2D eigenvalue weighted by Gasteiger charge is 2.54. The minimum atomic E-state index is -1.16. The molecule has 9 heteroatoms. The molecule has 9 nitrogen and oxygen atoms in total. The third kappa shape index (κ3) is 3.48. The number of benzene rings is 1. The average Bonchev–Trinajstić information content (AvgIpc) is 3.23. The van der Waals surface area contributed by atoms with Gasteiger partial charge in [-0.05, 0) is 81.9 Å². The molecule has 1 fully saturated rings. The van der Waals surface area contributed by atoms with E-state index in [0.29, 0.717) is 19.4 Å². The van der Waals surface area contributed by atoms with Crippen LogP contribution in [0.1, 0.15) is 53.7 Å². The molecular formula is C27H33N3O6. The van der Waals surface area contributed by atoms with Crippen LogP contribution in [-0.4, -0.2) is 75.8 Å². The number of primary amides is 1. The number of phenolic OH excluding ortho intramolecular Hbond substituents is 1. The van der Waals surface area contributed by atoms with Gasteiger partial charge in [0, 0.05) is 11.6 Å². The predicted molar refractivity (Wildman–Crippen MR) is 131 cm³/mol. The van der Waals surface area contributed by atoms with E-state index in [1.807, 2.05) is 24.9 Å². The summed E-state index contributed by atoms with van der Waals surface area (Å²) in [6.45, 7) is 3.38. The summed E-state index contributed by atoms with van der Waals surface area (Å²) < 4.78 is 0. The maximum absolute atomic E-state index is 13.6. The van der Waals surface area contributed by atoms with Crippen LogP contribution in [0.15, 0.2) is 34.8 Å². The molecule has 4 unspecified atom stereocenters. The van der Waals surface area contributed by atoms with Crippen LogP contribution in [0.4, 0.5) is 0 Å². The van der Waals surface area contributed by atoms with Crippen molar-refractivity contribution in [3.63, 3.8) is 0 Å². The first-order valence-corrected chi connectivity index (χ1v) is 12.6. The van der Waals surface area contributed by atoms with Crippen molar-refractivity contribution in [2.75, 3.05) is 27.2 Å². The lowest BCUT2D eigenvalue weighted by atomic mass is 9.61. The van der Waals surface area contributed by atoms with Crippen LogP contribution in [0, 0.1) is 17.8 Å².